The summed E-state index contributed by atoms with van der Waals surface area (Å²) in [5.41, 5.74) is 0.0134. The highest BCUT2D eigenvalue weighted by Crippen LogP contribution is 2.24. The largest absolute Gasteiger partial charge is 0.300 e. The van der Waals surface area contributed by atoms with Gasteiger partial charge in [-0.05, 0) is 24.7 Å². The number of hydrogen-bond donors (Lipinski definition) is 1. The lowest BCUT2D eigenvalue weighted by molar-refractivity contribution is -0.385. The summed E-state index contributed by atoms with van der Waals surface area (Å²) in [4.78, 5) is 10.1. The summed E-state index contributed by atoms with van der Waals surface area (Å²) >= 11 is 5.07. The van der Waals surface area contributed by atoms with Crippen molar-refractivity contribution in [3.63, 3.8) is 0 Å². The van der Waals surface area contributed by atoms with E-state index in [0.29, 0.717) is 22.7 Å². The molecule has 1 aromatic carbocycles. The van der Waals surface area contributed by atoms with Gasteiger partial charge in [0, 0.05) is 18.2 Å². The van der Waals surface area contributed by atoms with Gasteiger partial charge in [-0.3, -0.25) is 15.2 Å². The number of non-ortho nitro benzene ring substituents is 1. The summed E-state index contributed by atoms with van der Waals surface area (Å²) in [6.45, 7) is 2.57. The normalized spacial score (nSPS) is 10.6. The van der Waals surface area contributed by atoms with Crippen LogP contribution >= 0.6 is 12.2 Å². The summed E-state index contributed by atoms with van der Waals surface area (Å²) in [5, 5.41) is 17.4. The molecule has 1 heterocycles. The molecule has 0 saturated heterocycles. The Hall–Kier alpha value is -2.09. The van der Waals surface area contributed by atoms with E-state index in [9.17, 15) is 14.5 Å². The molecule has 0 aliphatic heterocycles. The van der Waals surface area contributed by atoms with E-state index < -0.39 is 10.7 Å². The van der Waals surface area contributed by atoms with Crippen molar-refractivity contribution >= 4 is 17.9 Å². The molecule has 19 heavy (non-hydrogen) atoms. The van der Waals surface area contributed by atoms with Gasteiger partial charge >= 0.3 is 0 Å². The van der Waals surface area contributed by atoms with E-state index in [2.05, 4.69) is 10.2 Å². The maximum atomic E-state index is 13.4. The predicted octanol–water partition coefficient (Wildman–Crippen LogP) is 3.06. The molecule has 0 aliphatic carbocycles. The van der Waals surface area contributed by atoms with Crippen molar-refractivity contribution in [1.82, 2.24) is 14.8 Å². The highest BCUT2D eigenvalue weighted by Gasteiger charge is 2.15. The van der Waals surface area contributed by atoms with Crippen LogP contribution in [0, 0.1) is 20.7 Å². The number of rotatable bonds is 4. The molecule has 0 atom stereocenters. The van der Waals surface area contributed by atoms with Crippen LogP contribution in [-0.4, -0.2) is 19.7 Å². The van der Waals surface area contributed by atoms with Crippen molar-refractivity contribution in [1.29, 1.82) is 0 Å². The number of H-pyrrole nitrogens is 1. The average Bonchev–Trinajstić information content (AvgIpc) is 2.71. The van der Waals surface area contributed by atoms with Crippen LogP contribution in [-0.2, 0) is 6.54 Å². The minimum Gasteiger partial charge on any atom is -0.300 e. The van der Waals surface area contributed by atoms with Gasteiger partial charge in [0.1, 0.15) is 5.82 Å². The standard InChI is InChI=1S/C11H11FN4O2S/c1-2-3-15-10(13-14-11(15)19)7-4-8(12)6-9(5-7)16(17)18/h4-6H,2-3H2,1H3,(H,14,19). The van der Waals surface area contributed by atoms with Crippen LogP contribution in [0.15, 0.2) is 18.2 Å². The summed E-state index contributed by atoms with van der Waals surface area (Å²) in [6.07, 6.45) is 0.818. The fourth-order valence-electron chi connectivity index (χ4n) is 1.78. The number of nitro benzene ring substituents is 1. The molecule has 0 fully saturated rings. The van der Waals surface area contributed by atoms with Crippen LogP contribution in [0.4, 0.5) is 10.1 Å². The van der Waals surface area contributed by atoms with Gasteiger partial charge in [-0.2, -0.15) is 5.10 Å². The van der Waals surface area contributed by atoms with Crippen LogP contribution in [0.1, 0.15) is 13.3 Å². The maximum absolute atomic E-state index is 13.4. The van der Waals surface area contributed by atoms with Crippen LogP contribution in [0.2, 0.25) is 0 Å². The second-order valence-corrected chi connectivity index (χ2v) is 4.35. The van der Waals surface area contributed by atoms with Gasteiger partial charge in [-0.15, -0.1) is 0 Å². The molecule has 100 valence electrons. The zero-order valence-corrected chi connectivity index (χ0v) is 10.9. The number of hydrogen-bond acceptors (Lipinski definition) is 4. The minimum absolute atomic E-state index is 0.313. The fourth-order valence-corrected chi connectivity index (χ4v) is 2.00. The Morgan fingerprint density at radius 1 is 1.53 bits per heavy atom. The second-order valence-electron chi connectivity index (χ2n) is 3.96. The molecule has 0 radical (unpaired) electrons. The lowest BCUT2D eigenvalue weighted by Crippen LogP contribution is -2.01. The Bertz CT molecular complexity index is 680. The highest BCUT2D eigenvalue weighted by atomic mass is 32.1. The Morgan fingerprint density at radius 3 is 2.89 bits per heavy atom. The number of halogens is 1. The topological polar surface area (TPSA) is 76.8 Å². The molecule has 0 saturated carbocycles. The third kappa shape index (κ3) is 2.68. The van der Waals surface area contributed by atoms with E-state index >= 15 is 0 Å². The van der Waals surface area contributed by atoms with Crippen LogP contribution < -0.4 is 0 Å². The summed E-state index contributed by atoms with van der Waals surface area (Å²) < 4.78 is 15.5. The number of nitrogens with one attached hydrogen (secondary N) is 1. The molecule has 2 aromatic rings. The van der Waals surface area contributed by atoms with Crippen molar-refractivity contribution in [3.8, 4) is 11.4 Å². The van der Waals surface area contributed by atoms with E-state index in [1.807, 2.05) is 6.92 Å². The van der Waals surface area contributed by atoms with E-state index in [4.69, 9.17) is 12.2 Å². The molecule has 1 N–H and O–H groups in total. The molecular weight excluding hydrogens is 271 g/mol. The van der Waals surface area contributed by atoms with E-state index in [-0.39, 0.29) is 5.69 Å². The van der Waals surface area contributed by atoms with Gasteiger partial charge in [0.05, 0.1) is 11.0 Å². The molecular formula is C11H11FN4O2S. The summed E-state index contributed by atoms with van der Waals surface area (Å²) in [6, 6.07) is 3.35. The lowest BCUT2D eigenvalue weighted by Gasteiger charge is -2.05. The van der Waals surface area contributed by atoms with Crippen molar-refractivity contribution in [2.75, 3.05) is 0 Å². The zero-order valence-electron chi connectivity index (χ0n) is 10.1. The monoisotopic (exact) mass is 282 g/mol. The van der Waals surface area contributed by atoms with Gasteiger partial charge in [0.25, 0.3) is 5.69 Å². The van der Waals surface area contributed by atoms with Gasteiger partial charge in [-0.1, -0.05) is 6.92 Å². The average molecular weight is 282 g/mol. The molecule has 0 spiro atoms. The third-order valence-corrected chi connectivity index (χ3v) is 2.87. The smallest absolute Gasteiger partial charge is 0.273 e. The molecule has 6 nitrogen and oxygen atoms in total. The van der Waals surface area contributed by atoms with Crippen molar-refractivity contribution in [2.24, 2.45) is 0 Å². The Balaban J connectivity index is 2.59. The van der Waals surface area contributed by atoms with Crippen molar-refractivity contribution < 1.29 is 9.31 Å². The molecule has 2 rings (SSSR count). The quantitative estimate of drug-likeness (QED) is 0.531. The minimum atomic E-state index is -0.679. The van der Waals surface area contributed by atoms with Gasteiger partial charge in [0.2, 0.25) is 0 Å². The van der Waals surface area contributed by atoms with Crippen molar-refractivity contribution in [2.45, 2.75) is 19.9 Å². The van der Waals surface area contributed by atoms with Gasteiger partial charge < -0.3 is 4.57 Å². The molecule has 1 aromatic heterocycles. The van der Waals surface area contributed by atoms with Gasteiger partial charge in [0.15, 0.2) is 10.6 Å². The molecule has 0 unspecified atom stereocenters. The molecule has 8 heteroatoms. The first-order valence-electron chi connectivity index (χ1n) is 5.63. The first-order valence-corrected chi connectivity index (χ1v) is 6.04. The highest BCUT2D eigenvalue weighted by molar-refractivity contribution is 7.71. The number of benzene rings is 1. The van der Waals surface area contributed by atoms with Crippen LogP contribution in [0.25, 0.3) is 11.4 Å². The lowest BCUT2D eigenvalue weighted by atomic mass is 10.2. The van der Waals surface area contributed by atoms with Crippen molar-refractivity contribution in [3.05, 3.63) is 38.9 Å². The van der Waals surface area contributed by atoms with Crippen LogP contribution in [0.3, 0.4) is 0 Å². The summed E-state index contributed by atoms with van der Waals surface area (Å²) in [7, 11) is 0. The Kier molecular flexibility index (Phi) is 3.70. The first kappa shape index (κ1) is 13.3. The fraction of sp³-hybridized carbons (Fsp3) is 0.273. The van der Waals surface area contributed by atoms with E-state index in [1.54, 1.807) is 4.57 Å². The second kappa shape index (κ2) is 5.27. The van der Waals surface area contributed by atoms with Crippen LogP contribution in [0.5, 0.6) is 0 Å². The number of nitrogens with zero attached hydrogens (tertiary/aromatic N) is 3. The Labute approximate surface area is 113 Å². The number of aromatic amines is 1. The third-order valence-electron chi connectivity index (χ3n) is 2.56. The SMILES string of the molecule is CCCn1c(-c2cc(F)cc([N+](=O)[O-])c2)n[nH]c1=S. The molecule has 0 bridgehead atoms. The van der Waals surface area contributed by atoms with E-state index in [0.717, 1.165) is 12.5 Å². The predicted molar refractivity (Wildman–Crippen MR) is 69.8 cm³/mol. The first-order chi connectivity index (χ1) is 9.02. The van der Waals surface area contributed by atoms with E-state index in [1.165, 1.54) is 12.1 Å². The maximum Gasteiger partial charge on any atom is 0.273 e. The van der Waals surface area contributed by atoms with Gasteiger partial charge in [-0.25, -0.2) is 4.39 Å². The molecule has 0 aliphatic rings. The summed E-state index contributed by atoms with van der Waals surface area (Å²) in [5.74, 6) is -0.282. The molecule has 0 amide bonds. The number of aromatic nitrogens is 3. The zero-order chi connectivity index (χ0) is 14.0. The Morgan fingerprint density at radius 2 is 2.26 bits per heavy atom. The number of nitro groups is 1.